The highest BCUT2D eigenvalue weighted by Crippen LogP contribution is 2.30. The second-order valence-electron chi connectivity index (χ2n) is 9.49. The van der Waals surface area contributed by atoms with Crippen LogP contribution in [0.5, 0.6) is 0 Å². The minimum absolute atomic E-state index is 0.132. The van der Waals surface area contributed by atoms with Crippen LogP contribution in [0.2, 0.25) is 0 Å². The van der Waals surface area contributed by atoms with Gasteiger partial charge in [-0.15, -0.1) is 0 Å². The summed E-state index contributed by atoms with van der Waals surface area (Å²) >= 11 is 0. The van der Waals surface area contributed by atoms with Crippen LogP contribution in [0.3, 0.4) is 0 Å². The Balaban J connectivity index is 1.76. The maximum Gasteiger partial charge on any atom is 0.410 e. The summed E-state index contributed by atoms with van der Waals surface area (Å²) < 4.78 is 5.49. The molecule has 2 atom stereocenters. The third-order valence-corrected chi connectivity index (χ3v) is 5.38. The molecule has 6 heteroatoms. The lowest BCUT2D eigenvalue weighted by Gasteiger charge is -2.32. The molecule has 1 amide bonds. The molecule has 31 heavy (non-hydrogen) atoms. The normalized spacial score (nSPS) is 21.5. The number of β-amino-alcohol motifs (C(OH)–C–C–N with tert-alkyl or cyclic N) is 1. The number of carbonyl (C=O) groups is 1. The maximum atomic E-state index is 12.7. The number of amides is 1. The SMILES string of the molecule is CC(C)(C)OC(=O)N1CC(O)(CN(Cc2ccccc2)Cc2ccccc2)C[C@H]1CO. The van der Waals surface area contributed by atoms with Gasteiger partial charge in [0.25, 0.3) is 0 Å². The van der Waals surface area contributed by atoms with E-state index < -0.39 is 23.3 Å². The Labute approximate surface area is 185 Å². The minimum Gasteiger partial charge on any atom is -0.444 e. The number of hydrogen-bond acceptors (Lipinski definition) is 5. The molecule has 1 unspecified atom stereocenters. The molecule has 0 saturated carbocycles. The zero-order valence-corrected chi connectivity index (χ0v) is 18.7. The van der Waals surface area contributed by atoms with Gasteiger partial charge >= 0.3 is 6.09 Å². The molecule has 1 aliphatic rings. The quantitative estimate of drug-likeness (QED) is 0.710. The van der Waals surface area contributed by atoms with Crippen molar-refractivity contribution < 1.29 is 19.7 Å². The highest BCUT2D eigenvalue weighted by molar-refractivity contribution is 5.69. The van der Waals surface area contributed by atoms with Gasteiger partial charge in [-0.1, -0.05) is 60.7 Å². The Morgan fingerprint density at radius 1 is 1.06 bits per heavy atom. The van der Waals surface area contributed by atoms with E-state index in [-0.39, 0.29) is 13.2 Å². The number of aliphatic hydroxyl groups is 2. The molecule has 1 fully saturated rings. The summed E-state index contributed by atoms with van der Waals surface area (Å²) in [6, 6.07) is 19.8. The fourth-order valence-electron chi connectivity index (χ4n) is 4.14. The van der Waals surface area contributed by atoms with Crippen molar-refractivity contribution in [1.82, 2.24) is 9.80 Å². The van der Waals surface area contributed by atoms with Crippen molar-refractivity contribution >= 4 is 6.09 Å². The maximum absolute atomic E-state index is 12.7. The molecule has 0 bridgehead atoms. The van der Waals surface area contributed by atoms with Crippen molar-refractivity contribution in [3.8, 4) is 0 Å². The standard InChI is InChI=1S/C25H34N2O4/c1-24(2,3)31-23(29)27-19-25(30,14-22(27)17-28)18-26(15-20-10-6-4-7-11-20)16-21-12-8-5-9-13-21/h4-13,22,28,30H,14-19H2,1-3H3/t22-,25?/m0/s1. The summed E-state index contributed by atoms with van der Waals surface area (Å²) in [6.07, 6.45) is -0.192. The molecule has 1 saturated heterocycles. The molecule has 0 aliphatic carbocycles. The van der Waals surface area contributed by atoms with Crippen molar-refractivity contribution in [3.05, 3.63) is 71.8 Å². The van der Waals surface area contributed by atoms with Crippen LogP contribution in [-0.2, 0) is 17.8 Å². The topological polar surface area (TPSA) is 73.2 Å². The van der Waals surface area contributed by atoms with Gasteiger partial charge in [-0.2, -0.15) is 0 Å². The number of hydrogen-bond donors (Lipinski definition) is 2. The van der Waals surface area contributed by atoms with Gasteiger partial charge < -0.3 is 14.9 Å². The summed E-state index contributed by atoms with van der Waals surface area (Å²) in [5.74, 6) is 0. The van der Waals surface area contributed by atoms with Crippen LogP contribution in [0.15, 0.2) is 60.7 Å². The highest BCUT2D eigenvalue weighted by atomic mass is 16.6. The van der Waals surface area contributed by atoms with Crippen LogP contribution < -0.4 is 0 Å². The molecule has 2 aromatic carbocycles. The molecule has 2 N–H and O–H groups in total. The van der Waals surface area contributed by atoms with Gasteiger partial charge in [-0.25, -0.2) is 4.79 Å². The molecule has 1 heterocycles. The Bertz CT molecular complexity index is 796. The zero-order chi connectivity index (χ0) is 22.5. The Kier molecular flexibility index (Phi) is 7.36. The van der Waals surface area contributed by atoms with Gasteiger partial charge in [-0.05, 0) is 31.9 Å². The van der Waals surface area contributed by atoms with Crippen molar-refractivity contribution in [2.75, 3.05) is 19.7 Å². The van der Waals surface area contributed by atoms with Crippen molar-refractivity contribution in [3.63, 3.8) is 0 Å². The molecule has 3 rings (SSSR count). The molecule has 0 aromatic heterocycles. The molecule has 1 aliphatic heterocycles. The number of benzene rings is 2. The van der Waals surface area contributed by atoms with Crippen LogP contribution >= 0.6 is 0 Å². The number of ether oxygens (including phenoxy) is 1. The number of carbonyl (C=O) groups excluding carboxylic acids is 1. The van der Waals surface area contributed by atoms with E-state index in [0.29, 0.717) is 26.1 Å². The first-order valence-corrected chi connectivity index (χ1v) is 10.8. The predicted octanol–water partition coefficient (Wildman–Crippen LogP) is 3.42. The number of nitrogens with zero attached hydrogens (tertiary/aromatic N) is 2. The second kappa shape index (κ2) is 9.81. The van der Waals surface area contributed by atoms with Crippen molar-refractivity contribution in [1.29, 1.82) is 0 Å². The number of likely N-dealkylation sites (tertiary alicyclic amines) is 1. The van der Waals surface area contributed by atoms with Crippen LogP contribution in [0.4, 0.5) is 4.79 Å². The second-order valence-corrected chi connectivity index (χ2v) is 9.49. The van der Waals surface area contributed by atoms with Gasteiger partial charge in [-0.3, -0.25) is 9.80 Å². The van der Waals surface area contributed by atoms with E-state index in [9.17, 15) is 15.0 Å². The summed E-state index contributed by atoms with van der Waals surface area (Å²) in [5, 5.41) is 21.3. The fourth-order valence-corrected chi connectivity index (χ4v) is 4.14. The summed E-state index contributed by atoms with van der Waals surface area (Å²) in [7, 11) is 0. The molecule has 0 spiro atoms. The van der Waals surface area contributed by atoms with Crippen LogP contribution in [0.25, 0.3) is 0 Å². The van der Waals surface area contributed by atoms with Crippen LogP contribution in [0, 0.1) is 0 Å². The largest absolute Gasteiger partial charge is 0.444 e. The predicted molar refractivity (Wildman–Crippen MR) is 120 cm³/mol. The third-order valence-electron chi connectivity index (χ3n) is 5.38. The Morgan fingerprint density at radius 3 is 2.03 bits per heavy atom. The fraction of sp³-hybridized carbons (Fsp3) is 0.480. The lowest BCUT2D eigenvalue weighted by Crippen LogP contribution is -2.46. The highest BCUT2D eigenvalue weighted by Gasteiger charge is 2.46. The Hall–Kier alpha value is -2.41. The van der Waals surface area contributed by atoms with Gasteiger partial charge in [0.2, 0.25) is 0 Å². The first-order chi connectivity index (χ1) is 14.7. The van der Waals surface area contributed by atoms with Crippen LogP contribution in [0.1, 0.15) is 38.3 Å². The van der Waals surface area contributed by atoms with Crippen molar-refractivity contribution in [2.24, 2.45) is 0 Å². The third kappa shape index (κ3) is 6.79. The number of rotatable bonds is 7. The lowest BCUT2D eigenvalue weighted by atomic mass is 9.99. The first-order valence-electron chi connectivity index (χ1n) is 10.8. The summed E-state index contributed by atoms with van der Waals surface area (Å²) in [4.78, 5) is 16.3. The number of aliphatic hydroxyl groups excluding tert-OH is 1. The molecule has 168 valence electrons. The lowest BCUT2D eigenvalue weighted by molar-refractivity contribution is -0.00407. The van der Waals surface area contributed by atoms with Gasteiger partial charge in [0.15, 0.2) is 0 Å². The molecule has 0 radical (unpaired) electrons. The van der Waals surface area contributed by atoms with Gasteiger partial charge in [0, 0.05) is 26.1 Å². The van der Waals surface area contributed by atoms with Gasteiger partial charge in [0.1, 0.15) is 5.60 Å². The summed E-state index contributed by atoms with van der Waals surface area (Å²) in [5.41, 5.74) is 0.545. The zero-order valence-electron chi connectivity index (χ0n) is 18.7. The molecule has 2 aromatic rings. The van der Waals surface area contributed by atoms with E-state index in [2.05, 4.69) is 29.2 Å². The molecular formula is C25H34N2O4. The Morgan fingerprint density at radius 2 is 1.58 bits per heavy atom. The smallest absolute Gasteiger partial charge is 0.410 e. The van der Waals surface area contributed by atoms with E-state index >= 15 is 0 Å². The van der Waals surface area contributed by atoms with E-state index in [1.165, 1.54) is 4.90 Å². The average molecular weight is 427 g/mol. The first kappa shape index (κ1) is 23.3. The monoisotopic (exact) mass is 426 g/mol. The molecule has 6 nitrogen and oxygen atoms in total. The van der Waals surface area contributed by atoms with E-state index in [1.807, 2.05) is 57.2 Å². The van der Waals surface area contributed by atoms with Crippen molar-refractivity contribution in [2.45, 2.75) is 57.5 Å². The molecular weight excluding hydrogens is 392 g/mol. The van der Waals surface area contributed by atoms with E-state index in [0.717, 1.165) is 11.1 Å². The minimum atomic E-state index is -1.13. The summed E-state index contributed by atoms with van der Waals surface area (Å²) in [6.45, 7) is 7.08. The van der Waals surface area contributed by atoms with E-state index in [4.69, 9.17) is 4.74 Å². The van der Waals surface area contributed by atoms with E-state index in [1.54, 1.807) is 0 Å². The van der Waals surface area contributed by atoms with Crippen LogP contribution in [-0.4, -0.2) is 63.0 Å². The van der Waals surface area contributed by atoms with Gasteiger partial charge in [0.05, 0.1) is 24.8 Å². The average Bonchev–Trinajstić information content (AvgIpc) is 3.05.